The summed E-state index contributed by atoms with van der Waals surface area (Å²) in [4.78, 5) is 12.1. The second-order valence-electron chi connectivity index (χ2n) is 3.76. The molecule has 19 heavy (non-hydrogen) atoms. The van der Waals surface area contributed by atoms with Crippen LogP contribution in [0.4, 0.5) is 15.8 Å². The summed E-state index contributed by atoms with van der Waals surface area (Å²) in [5, 5.41) is 2.89. The van der Waals surface area contributed by atoms with E-state index in [1.165, 1.54) is 18.2 Å². The van der Waals surface area contributed by atoms with Crippen LogP contribution in [0.15, 0.2) is 40.9 Å². The molecule has 0 spiro atoms. The van der Waals surface area contributed by atoms with Gasteiger partial charge in [0, 0.05) is 0 Å². The normalized spacial score (nSPS) is 10.3. The first-order valence-electron chi connectivity index (χ1n) is 5.30. The van der Waals surface area contributed by atoms with E-state index >= 15 is 0 Å². The van der Waals surface area contributed by atoms with Gasteiger partial charge in [-0.15, -0.1) is 0 Å². The molecule has 0 radical (unpaired) electrons. The molecule has 0 atom stereocenters. The molecule has 3 nitrogen and oxygen atoms in total. The van der Waals surface area contributed by atoms with Gasteiger partial charge in [0.1, 0.15) is 5.82 Å². The summed E-state index contributed by atoms with van der Waals surface area (Å²) in [6.07, 6.45) is 0. The van der Waals surface area contributed by atoms with Crippen LogP contribution in [0.1, 0.15) is 10.4 Å². The van der Waals surface area contributed by atoms with Gasteiger partial charge in [-0.3, -0.25) is 4.79 Å². The maximum atomic E-state index is 13.4. The number of carbonyl (C=O) groups excluding carboxylic acids is 1. The molecule has 3 N–H and O–H groups in total. The van der Waals surface area contributed by atoms with E-state index in [4.69, 9.17) is 17.3 Å². The topological polar surface area (TPSA) is 55.1 Å². The number of hydrogen-bond acceptors (Lipinski definition) is 2. The van der Waals surface area contributed by atoms with Crippen molar-refractivity contribution in [1.29, 1.82) is 0 Å². The van der Waals surface area contributed by atoms with Gasteiger partial charge in [0.05, 0.1) is 26.4 Å². The fourth-order valence-corrected chi connectivity index (χ4v) is 2.21. The Balaban J connectivity index is 2.34. The van der Waals surface area contributed by atoms with Crippen LogP contribution < -0.4 is 11.1 Å². The Morgan fingerprint density at radius 2 is 1.95 bits per heavy atom. The molecule has 0 aliphatic heterocycles. The van der Waals surface area contributed by atoms with E-state index in [1.54, 1.807) is 18.2 Å². The van der Waals surface area contributed by atoms with Crippen molar-refractivity contribution in [3.63, 3.8) is 0 Å². The number of rotatable bonds is 2. The summed E-state index contributed by atoms with van der Waals surface area (Å²) in [6, 6.07) is 9.09. The van der Waals surface area contributed by atoms with Crippen LogP contribution in [0, 0.1) is 5.82 Å². The molecular formula is C13H9BrClFN2O. The predicted octanol–water partition coefficient (Wildman–Crippen LogP) is 4.08. The van der Waals surface area contributed by atoms with Crippen LogP contribution in [-0.4, -0.2) is 5.91 Å². The Kier molecular flexibility index (Phi) is 4.07. The van der Waals surface area contributed by atoms with E-state index in [-0.39, 0.29) is 10.0 Å². The van der Waals surface area contributed by atoms with Crippen molar-refractivity contribution in [2.24, 2.45) is 0 Å². The van der Waals surface area contributed by atoms with Crippen LogP contribution in [0.3, 0.4) is 0 Å². The molecule has 2 aromatic carbocycles. The molecule has 0 saturated carbocycles. The molecule has 0 aliphatic rings. The number of amides is 1. The standard InChI is InChI=1S/C13H9BrClFN2O/c14-11-7(3-1-5-9(11)16)13(19)18-12-8(15)4-2-6-10(12)17/h1-6H,17H2,(H,18,19). The number of hydrogen-bond donors (Lipinski definition) is 2. The van der Waals surface area contributed by atoms with Crippen LogP contribution in [-0.2, 0) is 0 Å². The minimum Gasteiger partial charge on any atom is -0.397 e. The van der Waals surface area contributed by atoms with Gasteiger partial charge in [0.25, 0.3) is 5.91 Å². The zero-order valence-corrected chi connectivity index (χ0v) is 11.9. The number of halogens is 3. The first kappa shape index (κ1) is 13.8. The Morgan fingerprint density at radius 3 is 2.63 bits per heavy atom. The van der Waals surface area contributed by atoms with Gasteiger partial charge in [-0.2, -0.15) is 0 Å². The van der Waals surface area contributed by atoms with Crippen LogP contribution in [0.2, 0.25) is 5.02 Å². The number of anilines is 2. The van der Waals surface area contributed by atoms with Crippen molar-refractivity contribution in [1.82, 2.24) is 0 Å². The molecule has 1 amide bonds. The van der Waals surface area contributed by atoms with Crippen LogP contribution in [0.25, 0.3) is 0 Å². The predicted molar refractivity (Wildman–Crippen MR) is 77.9 cm³/mol. The van der Waals surface area contributed by atoms with Gasteiger partial charge >= 0.3 is 0 Å². The summed E-state index contributed by atoms with van der Waals surface area (Å²) >= 11 is 8.98. The summed E-state index contributed by atoms with van der Waals surface area (Å²) in [7, 11) is 0. The van der Waals surface area contributed by atoms with E-state index in [2.05, 4.69) is 21.2 Å². The lowest BCUT2D eigenvalue weighted by atomic mass is 10.2. The second kappa shape index (κ2) is 5.59. The smallest absolute Gasteiger partial charge is 0.257 e. The van der Waals surface area contributed by atoms with Gasteiger partial charge in [-0.1, -0.05) is 23.7 Å². The highest BCUT2D eigenvalue weighted by Gasteiger charge is 2.15. The molecule has 0 aromatic heterocycles. The fraction of sp³-hybridized carbons (Fsp3) is 0. The van der Waals surface area contributed by atoms with Crippen molar-refractivity contribution < 1.29 is 9.18 Å². The number of benzene rings is 2. The largest absolute Gasteiger partial charge is 0.397 e. The number of nitrogen functional groups attached to an aromatic ring is 1. The summed E-state index contributed by atoms with van der Waals surface area (Å²) in [6.45, 7) is 0. The highest BCUT2D eigenvalue weighted by Crippen LogP contribution is 2.29. The molecule has 98 valence electrons. The zero-order chi connectivity index (χ0) is 14.0. The lowest BCUT2D eigenvalue weighted by Gasteiger charge is -2.11. The van der Waals surface area contributed by atoms with Gasteiger partial charge in [-0.25, -0.2) is 4.39 Å². The van der Waals surface area contributed by atoms with Crippen molar-refractivity contribution in [2.45, 2.75) is 0 Å². The summed E-state index contributed by atoms with van der Waals surface area (Å²) in [5.74, 6) is -1.01. The fourth-order valence-electron chi connectivity index (χ4n) is 1.53. The van der Waals surface area contributed by atoms with Crippen molar-refractivity contribution in [3.05, 3.63) is 57.3 Å². The molecule has 0 saturated heterocycles. The minimum absolute atomic E-state index is 0.0955. The number of carbonyl (C=O) groups is 1. The zero-order valence-electron chi connectivity index (χ0n) is 9.58. The van der Waals surface area contributed by atoms with Crippen molar-refractivity contribution >= 4 is 44.8 Å². The summed E-state index contributed by atoms with van der Waals surface area (Å²) in [5.41, 5.74) is 6.55. The quantitative estimate of drug-likeness (QED) is 0.807. The average Bonchev–Trinajstić information content (AvgIpc) is 2.37. The SMILES string of the molecule is Nc1cccc(Cl)c1NC(=O)c1cccc(F)c1Br. The van der Waals surface area contributed by atoms with E-state index in [1.807, 2.05) is 0 Å². The Hall–Kier alpha value is -1.59. The maximum absolute atomic E-state index is 13.4. The minimum atomic E-state index is -0.514. The van der Waals surface area contributed by atoms with E-state index in [9.17, 15) is 9.18 Å². The van der Waals surface area contributed by atoms with E-state index in [0.29, 0.717) is 16.4 Å². The molecule has 0 fully saturated rings. The van der Waals surface area contributed by atoms with Gasteiger partial charge in [0.2, 0.25) is 0 Å². The summed E-state index contributed by atoms with van der Waals surface area (Å²) < 4.78 is 13.5. The third-order valence-corrected chi connectivity index (χ3v) is 3.60. The Morgan fingerprint density at radius 1 is 1.26 bits per heavy atom. The lowest BCUT2D eigenvalue weighted by Crippen LogP contribution is -2.14. The Labute approximate surface area is 122 Å². The average molecular weight is 344 g/mol. The van der Waals surface area contributed by atoms with E-state index in [0.717, 1.165) is 0 Å². The monoisotopic (exact) mass is 342 g/mol. The first-order chi connectivity index (χ1) is 9.00. The van der Waals surface area contributed by atoms with Gasteiger partial charge in [0.15, 0.2) is 0 Å². The third kappa shape index (κ3) is 2.88. The van der Waals surface area contributed by atoms with Gasteiger partial charge < -0.3 is 11.1 Å². The molecule has 0 bridgehead atoms. The highest BCUT2D eigenvalue weighted by atomic mass is 79.9. The second-order valence-corrected chi connectivity index (χ2v) is 4.96. The molecule has 0 aliphatic carbocycles. The van der Waals surface area contributed by atoms with Crippen LogP contribution in [0.5, 0.6) is 0 Å². The molecule has 2 rings (SSSR count). The lowest BCUT2D eigenvalue weighted by molar-refractivity contribution is 0.102. The van der Waals surface area contributed by atoms with Crippen molar-refractivity contribution in [3.8, 4) is 0 Å². The molecule has 6 heteroatoms. The number of nitrogens with two attached hydrogens (primary N) is 1. The molecule has 2 aromatic rings. The van der Waals surface area contributed by atoms with Gasteiger partial charge in [-0.05, 0) is 40.2 Å². The maximum Gasteiger partial charge on any atom is 0.257 e. The van der Waals surface area contributed by atoms with E-state index < -0.39 is 11.7 Å². The van der Waals surface area contributed by atoms with Crippen molar-refractivity contribution in [2.75, 3.05) is 11.1 Å². The molecule has 0 heterocycles. The Bertz CT molecular complexity index is 628. The molecular weight excluding hydrogens is 335 g/mol. The third-order valence-electron chi connectivity index (χ3n) is 2.48. The molecule has 0 unspecified atom stereocenters. The highest BCUT2D eigenvalue weighted by molar-refractivity contribution is 9.10. The number of nitrogens with one attached hydrogen (secondary N) is 1. The first-order valence-corrected chi connectivity index (χ1v) is 6.47. The number of para-hydroxylation sites is 1. The van der Waals surface area contributed by atoms with Crippen LogP contribution >= 0.6 is 27.5 Å².